The quantitative estimate of drug-likeness (QED) is 0.580. The molecule has 0 atom stereocenters. The molecular formula is C7H8F2N4O2. The Bertz CT molecular complexity index is 397. The summed E-state index contributed by atoms with van der Waals surface area (Å²) in [6.07, 6.45) is -2.99. The van der Waals surface area contributed by atoms with Crippen molar-refractivity contribution in [2.75, 3.05) is 5.73 Å². The molecule has 1 aromatic heterocycles. The molecule has 0 radical (unpaired) electrons. The Hall–Kier alpha value is -1.83. The van der Waals surface area contributed by atoms with Crippen LogP contribution in [0.2, 0.25) is 0 Å². The number of nitrogens with zero attached hydrogens (tertiary/aromatic N) is 2. The SMILES string of the molecule is NCc1cc(C(F)F)c([N+](=O)[O-])c(N)n1. The lowest BCUT2D eigenvalue weighted by molar-refractivity contribution is -0.385. The second-order valence-corrected chi connectivity index (χ2v) is 2.70. The number of anilines is 1. The van der Waals surface area contributed by atoms with Crippen molar-refractivity contribution in [3.05, 3.63) is 27.4 Å². The molecule has 0 fully saturated rings. The Kier molecular flexibility index (Phi) is 3.10. The number of nitrogens with two attached hydrogens (primary N) is 2. The second kappa shape index (κ2) is 4.13. The third kappa shape index (κ3) is 2.15. The zero-order chi connectivity index (χ0) is 11.6. The Morgan fingerprint density at radius 2 is 2.20 bits per heavy atom. The van der Waals surface area contributed by atoms with Gasteiger partial charge in [-0.15, -0.1) is 0 Å². The minimum absolute atomic E-state index is 0.0911. The zero-order valence-corrected chi connectivity index (χ0v) is 7.48. The molecule has 0 saturated heterocycles. The van der Waals surface area contributed by atoms with Crippen LogP contribution in [0.1, 0.15) is 17.7 Å². The Morgan fingerprint density at radius 1 is 1.60 bits per heavy atom. The van der Waals surface area contributed by atoms with Gasteiger partial charge in [0.05, 0.1) is 10.6 Å². The van der Waals surface area contributed by atoms with Crippen LogP contribution in [0.5, 0.6) is 0 Å². The van der Waals surface area contributed by atoms with E-state index in [1.807, 2.05) is 0 Å². The summed E-state index contributed by atoms with van der Waals surface area (Å²) in [5, 5.41) is 10.5. The summed E-state index contributed by atoms with van der Waals surface area (Å²) < 4.78 is 24.9. The van der Waals surface area contributed by atoms with Gasteiger partial charge in [-0.2, -0.15) is 0 Å². The maximum Gasteiger partial charge on any atom is 0.320 e. The van der Waals surface area contributed by atoms with Gasteiger partial charge in [0.25, 0.3) is 6.43 Å². The molecule has 82 valence electrons. The second-order valence-electron chi connectivity index (χ2n) is 2.70. The van der Waals surface area contributed by atoms with Gasteiger partial charge in [-0.1, -0.05) is 0 Å². The van der Waals surface area contributed by atoms with Gasteiger partial charge in [0.15, 0.2) is 0 Å². The van der Waals surface area contributed by atoms with E-state index < -0.39 is 28.4 Å². The van der Waals surface area contributed by atoms with Gasteiger partial charge in [0, 0.05) is 6.54 Å². The molecule has 0 amide bonds. The molecule has 0 bridgehead atoms. The molecule has 0 saturated carbocycles. The normalized spacial score (nSPS) is 10.7. The third-order valence-corrected chi connectivity index (χ3v) is 1.73. The highest BCUT2D eigenvalue weighted by molar-refractivity contribution is 5.58. The largest absolute Gasteiger partial charge is 0.378 e. The van der Waals surface area contributed by atoms with Crippen molar-refractivity contribution in [3.63, 3.8) is 0 Å². The van der Waals surface area contributed by atoms with Crippen molar-refractivity contribution in [2.24, 2.45) is 5.73 Å². The molecule has 1 aromatic rings. The highest BCUT2D eigenvalue weighted by atomic mass is 19.3. The lowest BCUT2D eigenvalue weighted by Gasteiger charge is -2.05. The highest BCUT2D eigenvalue weighted by Crippen LogP contribution is 2.32. The van der Waals surface area contributed by atoms with Crippen LogP contribution in [-0.2, 0) is 6.54 Å². The minimum Gasteiger partial charge on any atom is -0.378 e. The fourth-order valence-electron chi connectivity index (χ4n) is 1.11. The Morgan fingerprint density at radius 3 is 2.60 bits per heavy atom. The van der Waals surface area contributed by atoms with E-state index in [1.165, 1.54) is 0 Å². The van der Waals surface area contributed by atoms with Gasteiger partial charge in [-0.05, 0) is 6.07 Å². The third-order valence-electron chi connectivity index (χ3n) is 1.73. The van der Waals surface area contributed by atoms with Crippen LogP contribution < -0.4 is 11.5 Å². The topological polar surface area (TPSA) is 108 Å². The van der Waals surface area contributed by atoms with Gasteiger partial charge < -0.3 is 11.5 Å². The predicted molar refractivity (Wildman–Crippen MR) is 48.2 cm³/mol. The average molecular weight is 218 g/mol. The zero-order valence-electron chi connectivity index (χ0n) is 7.48. The van der Waals surface area contributed by atoms with Crippen LogP contribution >= 0.6 is 0 Å². The summed E-state index contributed by atoms with van der Waals surface area (Å²) in [5.41, 5.74) is 8.85. The smallest absolute Gasteiger partial charge is 0.320 e. The molecule has 1 heterocycles. The van der Waals surface area contributed by atoms with Crippen molar-refractivity contribution in [1.29, 1.82) is 0 Å². The minimum atomic E-state index is -2.99. The molecule has 0 aromatic carbocycles. The fourth-order valence-corrected chi connectivity index (χ4v) is 1.11. The van der Waals surface area contributed by atoms with Gasteiger partial charge in [0.1, 0.15) is 5.56 Å². The van der Waals surface area contributed by atoms with Crippen LogP contribution in [0.3, 0.4) is 0 Å². The van der Waals surface area contributed by atoms with E-state index in [2.05, 4.69) is 4.98 Å². The summed E-state index contributed by atoms with van der Waals surface area (Å²) in [4.78, 5) is 13.0. The standard InChI is InChI=1S/C7H8F2N4O2/c8-6(9)4-1-3(2-10)12-7(11)5(4)13(14)15/h1,6H,2,10H2,(H2,11,12). The van der Waals surface area contributed by atoms with Crippen LogP contribution in [-0.4, -0.2) is 9.91 Å². The van der Waals surface area contributed by atoms with Gasteiger partial charge >= 0.3 is 5.69 Å². The van der Waals surface area contributed by atoms with Crippen molar-refractivity contribution in [3.8, 4) is 0 Å². The highest BCUT2D eigenvalue weighted by Gasteiger charge is 2.26. The number of pyridine rings is 1. The molecule has 0 aliphatic rings. The summed E-state index contributed by atoms with van der Waals surface area (Å²) in [6, 6.07) is 0.888. The molecular weight excluding hydrogens is 210 g/mol. The van der Waals surface area contributed by atoms with Gasteiger partial charge in [-0.25, -0.2) is 13.8 Å². The van der Waals surface area contributed by atoms with Crippen molar-refractivity contribution >= 4 is 11.5 Å². The van der Waals surface area contributed by atoms with E-state index in [9.17, 15) is 18.9 Å². The molecule has 0 spiro atoms. The number of hydrogen-bond donors (Lipinski definition) is 2. The molecule has 0 aliphatic heterocycles. The molecule has 1 rings (SSSR count). The molecule has 15 heavy (non-hydrogen) atoms. The molecule has 0 aliphatic carbocycles. The Balaban J connectivity index is 3.42. The lowest BCUT2D eigenvalue weighted by atomic mass is 10.2. The summed E-state index contributed by atoms with van der Waals surface area (Å²) in [7, 11) is 0. The number of alkyl halides is 2. The van der Waals surface area contributed by atoms with Crippen molar-refractivity contribution in [1.82, 2.24) is 4.98 Å². The maximum absolute atomic E-state index is 12.5. The first kappa shape index (κ1) is 11.2. The molecule has 6 nitrogen and oxygen atoms in total. The van der Waals surface area contributed by atoms with E-state index in [1.54, 1.807) is 0 Å². The number of aromatic nitrogens is 1. The van der Waals surface area contributed by atoms with Gasteiger partial charge in [0.2, 0.25) is 5.82 Å². The van der Waals surface area contributed by atoms with E-state index >= 15 is 0 Å². The average Bonchev–Trinajstić information content (AvgIpc) is 2.15. The Labute approximate surface area is 83.0 Å². The molecule has 8 heteroatoms. The van der Waals surface area contributed by atoms with E-state index in [0.717, 1.165) is 6.07 Å². The van der Waals surface area contributed by atoms with E-state index in [0.29, 0.717) is 0 Å². The molecule has 0 unspecified atom stereocenters. The first-order valence-corrected chi connectivity index (χ1v) is 3.89. The lowest BCUT2D eigenvalue weighted by Crippen LogP contribution is -2.08. The number of hydrogen-bond acceptors (Lipinski definition) is 5. The summed E-state index contributed by atoms with van der Waals surface area (Å²) in [6.45, 7) is -0.109. The van der Waals surface area contributed by atoms with Crippen LogP contribution in [0.25, 0.3) is 0 Å². The number of rotatable bonds is 3. The summed E-state index contributed by atoms with van der Waals surface area (Å²) >= 11 is 0. The maximum atomic E-state index is 12.5. The first-order chi connectivity index (χ1) is 6.97. The fraction of sp³-hybridized carbons (Fsp3) is 0.286. The van der Waals surface area contributed by atoms with Crippen LogP contribution in [0.4, 0.5) is 20.3 Å². The van der Waals surface area contributed by atoms with E-state index in [4.69, 9.17) is 11.5 Å². The first-order valence-electron chi connectivity index (χ1n) is 3.89. The number of nitrogen functional groups attached to an aromatic ring is 1. The van der Waals surface area contributed by atoms with Crippen molar-refractivity contribution in [2.45, 2.75) is 13.0 Å². The monoisotopic (exact) mass is 218 g/mol. The van der Waals surface area contributed by atoms with Crippen LogP contribution in [0, 0.1) is 10.1 Å². The number of halogens is 2. The van der Waals surface area contributed by atoms with Gasteiger partial charge in [-0.3, -0.25) is 10.1 Å². The van der Waals surface area contributed by atoms with Crippen molar-refractivity contribution < 1.29 is 13.7 Å². The molecule has 4 N–H and O–H groups in total. The predicted octanol–water partition coefficient (Wildman–Crippen LogP) is 0.968. The summed E-state index contributed by atoms with van der Waals surface area (Å²) in [5.74, 6) is -0.543. The number of nitro groups is 1. The van der Waals surface area contributed by atoms with E-state index in [-0.39, 0.29) is 12.2 Å². The van der Waals surface area contributed by atoms with Crippen LogP contribution in [0.15, 0.2) is 6.07 Å².